The van der Waals surface area contributed by atoms with Crippen molar-refractivity contribution in [1.82, 2.24) is 15.1 Å². The summed E-state index contributed by atoms with van der Waals surface area (Å²) in [7, 11) is 1.95. The Balaban J connectivity index is 2.61. The molecule has 0 aromatic carbocycles. The van der Waals surface area contributed by atoms with E-state index in [1.807, 2.05) is 37.8 Å². The van der Waals surface area contributed by atoms with Crippen LogP contribution in [0.15, 0.2) is 12.3 Å². The van der Waals surface area contributed by atoms with Gasteiger partial charge in [-0.1, -0.05) is 6.92 Å². The van der Waals surface area contributed by atoms with Crippen molar-refractivity contribution >= 4 is 0 Å². The first kappa shape index (κ1) is 12.2. The molecule has 1 aromatic heterocycles. The molecular weight excluding hydrogens is 190 g/mol. The average Bonchev–Trinajstić information content (AvgIpc) is 2.59. The lowest BCUT2D eigenvalue weighted by molar-refractivity contribution is 0.0599. The molecule has 0 radical (unpaired) electrons. The summed E-state index contributed by atoms with van der Waals surface area (Å²) in [5.74, 6) is 0. The molecule has 1 unspecified atom stereocenters. The molecule has 0 saturated carbocycles. The summed E-state index contributed by atoms with van der Waals surface area (Å²) in [6.45, 7) is 7.81. The monoisotopic (exact) mass is 211 g/mol. The Morgan fingerprint density at radius 3 is 2.73 bits per heavy atom. The maximum atomic E-state index is 5.63. The Labute approximate surface area is 91.6 Å². The highest BCUT2D eigenvalue weighted by Crippen LogP contribution is 2.12. The van der Waals surface area contributed by atoms with Crippen molar-refractivity contribution in [3.8, 4) is 0 Å². The van der Waals surface area contributed by atoms with E-state index in [2.05, 4.69) is 17.3 Å². The van der Waals surface area contributed by atoms with Crippen molar-refractivity contribution in [2.75, 3.05) is 13.2 Å². The molecule has 4 nitrogen and oxygen atoms in total. The maximum Gasteiger partial charge on any atom is 0.0729 e. The van der Waals surface area contributed by atoms with E-state index < -0.39 is 0 Å². The van der Waals surface area contributed by atoms with Gasteiger partial charge in [-0.3, -0.25) is 4.68 Å². The number of hydrogen-bond acceptors (Lipinski definition) is 3. The number of aryl methyl sites for hydroxylation is 1. The molecule has 1 atom stereocenters. The SMILES string of the molecule is CCNC(COC(C)C)c1ccnn1C. The summed E-state index contributed by atoms with van der Waals surface area (Å²) in [4.78, 5) is 0. The zero-order valence-electron chi connectivity index (χ0n) is 10.0. The molecule has 0 aliphatic heterocycles. The lowest BCUT2D eigenvalue weighted by Crippen LogP contribution is -2.28. The van der Waals surface area contributed by atoms with Crippen molar-refractivity contribution < 1.29 is 4.74 Å². The van der Waals surface area contributed by atoms with Gasteiger partial charge in [-0.05, 0) is 26.5 Å². The van der Waals surface area contributed by atoms with E-state index in [0.717, 1.165) is 12.2 Å². The molecule has 86 valence electrons. The first-order valence-electron chi connectivity index (χ1n) is 5.48. The zero-order chi connectivity index (χ0) is 11.3. The number of likely N-dealkylation sites (N-methyl/N-ethyl adjacent to an activating group) is 1. The second-order valence-electron chi connectivity index (χ2n) is 3.87. The molecule has 1 rings (SSSR count). The predicted molar refractivity (Wildman–Crippen MR) is 60.7 cm³/mol. The molecule has 0 bridgehead atoms. The summed E-state index contributed by atoms with van der Waals surface area (Å²) in [5.41, 5.74) is 1.16. The number of nitrogens with zero attached hydrogens (tertiary/aromatic N) is 2. The highest BCUT2D eigenvalue weighted by Gasteiger charge is 2.14. The predicted octanol–water partition coefficient (Wildman–Crippen LogP) is 1.50. The molecule has 4 heteroatoms. The highest BCUT2D eigenvalue weighted by molar-refractivity contribution is 5.06. The van der Waals surface area contributed by atoms with E-state index in [4.69, 9.17) is 4.74 Å². The number of hydrogen-bond donors (Lipinski definition) is 1. The fraction of sp³-hybridized carbons (Fsp3) is 0.727. The van der Waals surface area contributed by atoms with Crippen LogP contribution in [-0.4, -0.2) is 29.0 Å². The fourth-order valence-corrected chi connectivity index (χ4v) is 1.51. The first-order chi connectivity index (χ1) is 7.15. The van der Waals surface area contributed by atoms with Crippen molar-refractivity contribution in [2.24, 2.45) is 7.05 Å². The summed E-state index contributed by atoms with van der Waals surface area (Å²) in [6.07, 6.45) is 2.08. The van der Waals surface area contributed by atoms with Gasteiger partial charge in [-0.15, -0.1) is 0 Å². The third-order valence-electron chi connectivity index (χ3n) is 2.26. The van der Waals surface area contributed by atoms with Crippen molar-refractivity contribution in [2.45, 2.75) is 32.9 Å². The highest BCUT2D eigenvalue weighted by atomic mass is 16.5. The Kier molecular flexibility index (Phi) is 4.78. The molecule has 1 heterocycles. The van der Waals surface area contributed by atoms with Crippen LogP contribution in [0.3, 0.4) is 0 Å². The van der Waals surface area contributed by atoms with Gasteiger partial charge in [0.25, 0.3) is 0 Å². The Morgan fingerprint density at radius 1 is 1.53 bits per heavy atom. The molecule has 0 aliphatic carbocycles. The van der Waals surface area contributed by atoms with Crippen molar-refractivity contribution in [1.29, 1.82) is 0 Å². The lowest BCUT2D eigenvalue weighted by Gasteiger charge is -2.19. The molecule has 1 N–H and O–H groups in total. The van der Waals surface area contributed by atoms with Crippen LogP contribution >= 0.6 is 0 Å². The zero-order valence-corrected chi connectivity index (χ0v) is 10.0. The first-order valence-corrected chi connectivity index (χ1v) is 5.48. The van der Waals surface area contributed by atoms with Gasteiger partial charge in [0, 0.05) is 13.2 Å². The van der Waals surface area contributed by atoms with Crippen LogP contribution in [0.1, 0.15) is 32.5 Å². The van der Waals surface area contributed by atoms with Gasteiger partial charge in [0.05, 0.1) is 24.4 Å². The minimum absolute atomic E-state index is 0.227. The van der Waals surface area contributed by atoms with Gasteiger partial charge < -0.3 is 10.1 Å². The molecule has 0 fully saturated rings. The maximum absolute atomic E-state index is 5.63. The second kappa shape index (κ2) is 5.88. The van der Waals surface area contributed by atoms with Crippen LogP contribution in [0.5, 0.6) is 0 Å². The summed E-state index contributed by atoms with van der Waals surface area (Å²) >= 11 is 0. The number of nitrogens with one attached hydrogen (secondary N) is 1. The number of aromatic nitrogens is 2. The molecule has 0 aliphatic rings. The largest absolute Gasteiger partial charge is 0.377 e. The van der Waals surface area contributed by atoms with E-state index in [9.17, 15) is 0 Å². The van der Waals surface area contributed by atoms with Crippen LogP contribution < -0.4 is 5.32 Å². The quantitative estimate of drug-likeness (QED) is 0.775. The van der Waals surface area contributed by atoms with Gasteiger partial charge >= 0.3 is 0 Å². The van der Waals surface area contributed by atoms with Crippen molar-refractivity contribution in [3.05, 3.63) is 18.0 Å². The fourth-order valence-electron chi connectivity index (χ4n) is 1.51. The third-order valence-corrected chi connectivity index (χ3v) is 2.26. The lowest BCUT2D eigenvalue weighted by atomic mass is 10.2. The molecule has 0 spiro atoms. The van der Waals surface area contributed by atoms with E-state index in [1.54, 1.807) is 0 Å². The average molecular weight is 211 g/mol. The third kappa shape index (κ3) is 3.64. The molecular formula is C11H21N3O. The van der Waals surface area contributed by atoms with Gasteiger partial charge in [-0.2, -0.15) is 5.10 Å². The summed E-state index contributed by atoms with van der Waals surface area (Å²) in [5, 5.41) is 7.56. The summed E-state index contributed by atoms with van der Waals surface area (Å²) < 4.78 is 7.52. The van der Waals surface area contributed by atoms with Gasteiger partial charge in [0.1, 0.15) is 0 Å². The second-order valence-corrected chi connectivity index (χ2v) is 3.87. The van der Waals surface area contributed by atoms with Crippen LogP contribution in [0, 0.1) is 0 Å². The van der Waals surface area contributed by atoms with Gasteiger partial charge in [0.2, 0.25) is 0 Å². The van der Waals surface area contributed by atoms with Gasteiger partial charge in [0.15, 0.2) is 0 Å². The number of rotatable bonds is 6. The van der Waals surface area contributed by atoms with E-state index >= 15 is 0 Å². The minimum Gasteiger partial charge on any atom is -0.377 e. The van der Waals surface area contributed by atoms with Crippen LogP contribution in [0.2, 0.25) is 0 Å². The van der Waals surface area contributed by atoms with Crippen LogP contribution in [0.25, 0.3) is 0 Å². The van der Waals surface area contributed by atoms with Crippen molar-refractivity contribution in [3.63, 3.8) is 0 Å². The Bertz CT molecular complexity index is 283. The van der Waals surface area contributed by atoms with E-state index in [-0.39, 0.29) is 12.1 Å². The standard InChI is InChI=1S/C11H21N3O/c1-5-12-10(8-15-9(2)3)11-6-7-13-14(11)4/h6-7,9-10,12H,5,8H2,1-4H3. The topological polar surface area (TPSA) is 39.1 Å². The molecule has 0 amide bonds. The summed E-state index contributed by atoms with van der Waals surface area (Å²) in [6, 6.07) is 2.25. The number of ether oxygens (including phenoxy) is 1. The smallest absolute Gasteiger partial charge is 0.0729 e. The Morgan fingerprint density at radius 2 is 2.27 bits per heavy atom. The molecule has 0 saturated heterocycles. The molecule has 15 heavy (non-hydrogen) atoms. The Hall–Kier alpha value is -0.870. The van der Waals surface area contributed by atoms with Gasteiger partial charge in [-0.25, -0.2) is 0 Å². The van der Waals surface area contributed by atoms with Crippen LogP contribution in [-0.2, 0) is 11.8 Å². The van der Waals surface area contributed by atoms with Crippen LogP contribution in [0.4, 0.5) is 0 Å². The van der Waals surface area contributed by atoms with E-state index in [1.165, 1.54) is 0 Å². The van der Waals surface area contributed by atoms with E-state index in [0.29, 0.717) is 6.61 Å². The normalized spacial score (nSPS) is 13.4. The minimum atomic E-state index is 0.227. The molecule has 1 aromatic rings.